The summed E-state index contributed by atoms with van der Waals surface area (Å²) < 4.78 is 28.7. The van der Waals surface area contributed by atoms with Crippen molar-refractivity contribution in [3.8, 4) is 5.88 Å². The van der Waals surface area contributed by atoms with Gasteiger partial charge in [0.2, 0.25) is 5.88 Å². The van der Waals surface area contributed by atoms with Crippen LogP contribution in [0.15, 0.2) is 75.8 Å². The second-order valence-corrected chi connectivity index (χ2v) is 10.00. The molecule has 0 amide bonds. The van der Waals surface area contributed by atoms with Gasteiger partial charge in [0.25, 0.3) is 15.7 Å². The molecule has 12 nitrogen and oxygen atoms in total. The van der Waals surface area contributed by atoms with Gasteiger partial charge in [-0.1, -0.05) is 32.0 Å². The van der Waals surface area contributed by atoms with Crippen LogP contribution < -0.4 is 4.72 Å². The van der Waals surface area contributed by atoms with Gasteiger partial charge in [-0.25, -0.2) is 13.2 Å². The standard InChI is InChI=1S/C24H21N5O7S/c1-13(2)14-7-9-18-17(11-14)22(23(30)25-18)27-26-20-10-8-15(29(33)34)12-21(20)37(35,36)28-19-6-4-3-5-16(19)24(31)32/h3-13,25,28,30H,1-2H3,(H,31,32). The highest BCUT2D eigenvalue weighted by Gasteiger charge is 2.25. The third-order valence-electron chi connectivity index (χ3n) is 5.55. The highest BCUT2D eigenvalue weighted by molar-refractivity contribution is 7.92. The number of carboxylic acid groups (broad SMARTS) is 1. The minimum absolute atomic E-state index is 0.0587. The normalized spacial score (nSPS) is 11.9. The number of carbonyl (C=O) groups is 1. The number of sulfonamides is 1. The van der Waals surface area contributed by atoms with E-state index in [1.165, 1.54) is 24.3 Å². The average Bonchev–Trinajstić information content (AvgIpc) is 3.16. The van der Waals surface area contributed by atoms with Crippen molar-refractivity contribution in [2.45, 2.75) is 24.7 Å². The number of anilines is 1. The molecule has 0 bridgehead atoms. The first-order chi connectivity index (χ1) is 17.5. The lowest BCUT2D eigenvalue weighted by atomic mass is 10.0. The van der Waals surface area contributed by atoms with Crippen LogP contribution in [-0.2, 0) is 10.0 Å². The predicted octanol–water partition coefficient (Wildman–Crippen LogP) is 5.82. The van der Waals surface area contributed by atoms with E-state index in [1.807, 2.05) is 26.0 Å². The molecule has 0 fully saturated rings. The zero-order chi connectivity index (χ0) is 26.9. The number of aromatic hydroxyl groups is 1. The highest BCUT2D eigenvalue weighted by Crippen LogP contribution is 2.39. The lowest BCUT2D eigenvalue weighted by molar-refractivity contribution is -0.385. The van der Waals surface area contributed by atoms with Crippen LogP contribution in [0.25, 0.3) is 10.9 Å². The maximum atomic E-state index is 13.2. The Morgan fingerprint density at radius 3 is 2.49 bits per heavy atom. The van der Waals surface area contributed by atoms with Crippen molar-refractivity contribution in [1.29, 1.82) is 0 Å². The van der Waals surface area contributed by atoms with Gasteiger partial charge in [-0.05, 0) is 41.8 Å². The molecule has 0 saturated carbocycles. The van der Waals surface area contributed by atoms with Crippen LogP contribution in [0, 0.1) is 10.1 Å². The Morgan fingerprint density at radius 1 is 1.08 bits per heavy atom. The van der Waals surface area contributed by atoms with Crippen LogP contribution in [0.2, 0.25) is 0 Å². The van der Waals surface area contributed by atoms with E-state index >= 15 is 0 Å². The number of aromatic carboxylic acids is 1. The van der Waals surface area contributed by atoms with Gasteiger partial charge >= 0.3 is 5.97 Å². The Bertz CT molecular complexity index is 1680. The second kappa shape index (κ2) is 9.70. The molecule has 0 atom stereocenters. The molecule has 4 N–H and O–H groups in total. The fourth-order valence-corrected chi connectivity index (χ4v) is 4.86. The molecule has 0 saturated heterocycles. The highest BCUT2D eigenvalue weighted by atomic mass is 32.2. The predicted molar refractivity (Wildman–Crippen MR) is 136 cm³/mol. The SMILES string of the molecule is CC(C)c1ccc2[nH]c(O)c(N=Nc3ccc([N+](=O)[O-])cc3S(=O)(=O)Nc3ccccc3C(=O)O)c2c1. The fraction of sp³-hybridized carbons (Fsp3) is 0.125. The maximum absolute atomic E-state index is 13.2. The summed E-state index contributed by atoms with van der Waals surface area (Å²) in [6.45, 7) is 4.00. The van der Waals surface area contributed by atoms with E-state index in [9.17, 15) is 33.5 Å². The zero-order valence-electron chi connectivity index (χ0n) is 19.5. The molecule has 4 aromatic rings. The number of aromatic nitrogens is 1. The van der Waals surface area contributed by atoms with Gasteiger partial charge in [0.05, 0.1) is 21.7 Å². The molecule has 0 aliphatic rings. The molecule has 4 rings (SSSR count). The molecule has 1 heterocycles. The number of azo groups is 1. The van der Waals surface area contributed by atoms with Crippen molar-refractivity contribution < 1.29 is 28.3 Å². The lowest BCUT2D eigenvalue weighted by Gasteiger charge is -2.11. The first-order valence-corrected chi connectivity index (χ1v) is 12.4. The van der Waals surface area contributed by atoms with Crippen molar-refractivity contribution in [3.05, 3.63) is 81.9 Å². The number of hydrogen-bond donors (Lipinski definition) is 4. The smallest absolute Gasteiger partial charge is 0.337 e. The number of nitrogens with one attached hydrogen (secondary N) is 2. The van der Waals surface area contributed by atoms with Crippen LogP contribution in [0.1, 0.15) is 35.7 Å². The van der Waals surface area contributed by atoms with E-state index in [0.717, 1.165) is 23.8 Å². The Labute approximate surface area is 210 Å². The molecular weight excluding hydrogens is 502 g/mol. The molecule has 3 aromatic carbocycles. The topological polar surface area (TPSA) is 187 Å². The van der Waals surface area contributed by atoms with E-state index < -0.39 is 31.5 Å². The summed E-state index contributed by atoms with van der Waals surface area (Å²) in [4.78, 5) is 24.2. The minimum Gasteiger partial charge on any atom is -0.493 e. The Hall–Kier alpha value is -4.78. The number of nitro groups is 1. The van der Waals surface area contributed by atoms with Gasteiger partial charge in [0.1, 0.15) is 10.6 Å². The van der Waals surface area contributed by atoms with Crippen LogP contribution in [0.5, 0.6) is 5.88 Å². The number of aromatic amines is 1. The third kappa shape index (κ3) is 5.11. The first kappa shape index (κ1) is 25.3. The van der Waals surface area contributed by atoms with E-state index in [1.54, 1.807) is 6.07 Å². The van der Waals surface area contributed by atoms with E-state index in [2.05, 4.69) is 19.9 Å². The van der Waals surface area contributed by atoms with Gasteiger partial charge in [-0.15, -0.1) is 10.2 Å². The summed E-state index contributed by atoms with van der Waals surface area (Å²) >= 11 is 0. The number of para-hydroxylation sites is 1. The molecule has 0 aliphatic heterocycles. The fourth-order valence-electron chi connectivity index (χ4n) is 3.62. The number of fused-ring (bicyclic) bond motifs is 1. The molecule has 37 heavy (non-hydrogen) atoms. The molecule has 0 unspecified atom stereocenters. The summed E-state index contributed by atoms with van der Waals surface area (Å²) in [6, 6.07) is 13.8. The number of non-ortho nitro benzene ring substituents is 1. The van der Waals surface area contributed by atoms with Crippen LogP contribution >= 0.6 is 0 Å². The minimum atomic E-state index is -4.56. The molecule has 13 heteroatoms. The number of nitrogens with zero attached hydrogens (tertiary/aromatic N) is 3. The Balaban J connectivity index is 1.82. The number of nitro benzene ring substituents is 1. The molecule has 1 aromatic heterocycles. The molecular formula is C24H21N5O7S. The van der Waals surface area contributed by atoms with Crippen molar-refractivity contribution in [2.24, 2.45) is 10.2 Å². The Morgan fingerprint density at radius 2 is 1.81 bits per heavy atom. The number of rotatable bonds is 8. The average molecular weight is 524 g/mol. The second-order valence-electron chi connectivity index (χ2n) is 8.35. The molecule has 190 valence electrons. The van der Waals surface area contributed by atoms with Gasteiger partial charge < -0.3 is 15.2 Å². The van der Waals surface area contributed by atoms with Crippen LogP contribution in [0.3, 0.4) is 0 Å². The largest absolute Gasteiger partial charge is 0.493 e. The van der Waals surface area contributed by atoms with E-state index in [-0.39, 0.29) is 34.4 Å². The first-order valence-electron chi connectivity index (χ1n) is 10.9. The molecule has 0 spiro atoms. The number of benzene rings is 3. The van der Waals surface area contributed by atoms with Crippen LogP contribution in [-0.4, -0.2) is 34.5 Å². The summed E-state index contributed by atoms with van der Waals surface area (Å²) in [5, 5.41) is 39.7. The number of carboxylic acids is 1. The Kier molecular flexibility index (Phi) is 6.64. The van der Waals surface area contributed by atoms with Crippen molar-refractivity contribution >= 4 is 49.6 Å². The van der Waals surface area contributed by atoms with Gasteiger partial charge in [0, 0.05) is 17.5 Å². The van der Waals surface area contributed by atoms with E-state index in [4.69, 9.17) is 0 Å². The zero-order valence-corrected chi connectivity index (χ0v) is 20.4. The van der Waals surface area contributed by atoms with Crippen molar-refractivity contribution in [1.82, 2.24) is 4.98 Å². The number of hydrogen-bond acceptors (Lipinski definition) is 8. The quantitative estimate of drug-likeness (QED) is 0.127. The summed E-state index contributed by atoms with van der Waals surface area (Å²) in [5.41, 5.74) is 0.275. The molecule has 0 aliphatic carbocycles. The van der Waals surface area contributed by atoms with Gasteiger partial charge in [0.15, 0.2) is 5.69 Å². The van der Waals surface area contributed by atoms with Crippen molar-refractivity contribution in [3.63, 3.8) is 0 Å². The summed E-state index contributed by atoms with van der Waals surface area (Å²) in [6.07, 6.45) is 0. The van der Waals surface area contributed by atoms with Crippen molar-refractivity contribution in [2.75, 3.05) is 4.72 Å². The van der Waals surface area contributed by atoms with Gasteiger partial charge in [-0.3, -0.25) is 14.8 Å². The van der Waals surface area contributed by atoms with Gasteiger partial charge in [-0.2, -0.15) is 0 Å². The maximum Gasteiger partial charge on any atom is 0.337 e. The third-order valence-corrected chi connectivity index (χ3v) is 6.94. The lowest BCUT2D eigenvalue weighted by Crippen LogP contribution is -2.16. The molecule has 0 radical (unpaired) electrons. The van der Waals surface area contributed by atoms with Crippen LogP contribution in [0.4, 0.5) is 22.7 Å². The van der Waals surface area contributed by atoms with E-state index in [0.29, 0.717) is 10.9 Å². The summed E-state index contributed by atoms with van der Waals surface area (Å²) in [5.74, 6) is -1.47. The number of H-pyrrole nitrogens is 1. The monoisotopic (exact) mass is 523 g/mol. The summed E-state index contributed by atoms with van der Waals surface area (Å²) in [7, 11) is -4.56.